The highest BCUT2D eigenvalue weighted by Gasteiger charge is 2.51. The van der Waals surface area contributed by atoms with Gasteiger partial charge in [-0.25, -0.2) is 0 Å². The number of carbonyl (C=O) groups is 2. The van der Waals surface area contributed by atoms with E-state index >= 15 is 0 Å². The predicted molar refractivity (Wildman–Crippen MR) is 91.5 cm³/mol. The normalized spacial score (nSPS) is 27.5. The molecule has 2 heterocycles. The summed E-state index contributed by atoms with van der Waals surface area (Å²) in [6.45, 7) is 6.56. The molecule has 2 saturated heterocycles. The van der Waals surface area contributed by atoms with Crippen molar-refractivity contribution in [3.8, 4) is 0 Å². The second kappa shape index (κ2) is 7.00. The number of nitrogens with one attached hydrogen (secondary N) is 1. The van der Waals surface area contributed by atoms with Gasteiger partial charge in [0.05, 0.1) is 19.7 Å². The fraction of sp³-hybridized carbons (Fsp3) is 0.889. The monoisotopic (exact) mass is 337 g/mol. The molecule has 0 aromatic heterocycles. The second-order valence-electron chi connectivity index (χ2n) is 8.26. The fourth-order valence-corrected chi connectivity index (χ4v) is 4.13. The molecule has 1 aliphatic carbocycles. The van der Waals surface area contributed by atoms with Gasteiger partial charge in [0.1, 0.15) is 11.6 Å². The molecule has 1 N–H and O–H groups in total. The maximum Gasteiger partial charge on any atom is 0.239 e. The van der Waals surface area contributed by atoms with E-state index in [-0.39, 0.29) is 23.5 Å². The van der Waals surface area contributed by atoms with Crippen LogP contribution >= 0.6 is 0 Å². The molecule has 1 atom stereocenters. The summed E-state index contributed by atoms with van der Waals surface area (Å²) in [6, 6.07) is 0.131. The van der Waals surface area contributed by atoms with Gasteiger partial charge in [0.25, 0.3) is 0 Å². The first-order valence-electron chi connectivity index (χ1n) is 9.31. The van der Waals surface area contributed by atoms with Gasteiger partial charge in [-0.2, -0.15) is 0 Å². The first kappa shape index (κ1) is 17.7. The number of rotatable bonds is 4. The number of morpholine rings is 1. The summed E-state index contributed by atoms with van der Waals surface area (Å²) < 4.78 is 6.06. The van der Waals surface area contributed by atoms with Crippen molar-refractivity contribution in [2.24, 2.45) is 5.92 Å². The number of hydrogen-bond acceptors (Lipinski definition) is 4. The van der Waals surface area contributed by atoms with E-state index in [0.29, 0.717) is 44.6 Å². The quantitative estimate of drug-likeness (QED) is 0.831. The van der Waals surface area contributed by atoms with E-state index in [1.54, 1.807) is 0 Å². The molecular formula is C18H31N3O3. The first-order valence-corrected chi connectivity index (χ1v) is 9.31. The molecule has 0 bridgehead atoms. The molecule has 3 fully saturated rings. The first-order chi connectivity index (χ1) is 11.4. The summed E-state index contributed by atoms with van der Waals surface area (Å²) in [5.74, 6) is 0.682. The topological polar surface area (TPSA) is 61.9 Å². The molecule has 6 nitrogen and oxygen atoms in total. The van der Waals surface area contributed by atoms with Gasteiger partial charge in [0.15, 0.2) is 0 Å². The molecular weight excluding hydrogens is 306 g/mol. The molecule has 0 unspecified atom stereocenters. The van der Waals surface area contributed by atoms with E-state index in [4.69, 9.17) is 4.74 Å². The van der Waals surface area contributed by atoms with Gasteiger partial charge in [-0.05, 0) is 25.8 Å². The van der Waals surface area contributed by atoms with Crippen molar-refractivity contribution in [3.05, 3.63) is 0 Å². The van der Waals surface area contributed by atoms with Crippen molar-refractivity contribution < 1.29 is 14.3 Å². The van der Waals surface area contributed by atoms with Crippen LogP contribution in [0, 0.1) is 5.92 Å². The molecule has 3 rings (SSSR count). The number of hydrogen-bond donors (Lipinski definition) is 1. The summed E-state index contributed by atoms with van der Waals surface area (Å²) in [5, 5.41) is 3.17. The fourth-order valence-electron chi connectivity index (χ4n) is 4.13. The van der Waals surface area contributed by atoms with Crippen LogP contribution in [0.2, 0.25) is 0 Å². The smallest absolute Gasteiger partial charge is 0.239 e. The van der Waals surface area contributed by atoms with Crippen molar-refractivity contribution >= 4 is 11.8 Å². The second-order valence-corrected chi connectivity index (χ2v) is 8.26. The van der Waals surface area contributed by atoms with E-state index in [9.17, 15) is 9.59 Å². The summed E-state index contributed by atoms with van der Waals surface area (Å²) in [6.07, 6.45) is 5.22. The maximum absolute atomic E-state index is 12.5. The summed E-state index contributed by atoms with van der Waals surface area (Å²) >= 11 is 0. The van der Waals surface area contributed by atoms with Gasteiger partial charge in [-0.1, -0.05) is 26.7 Å². The minimum atomic E-state index is -0.272. The molecule has 1 spiro atoms. The minimum Gasteiger partial charge on any atom is -0.368 e. The van der Waals surface area contributed by atoms with Crippen molar-refractivity contribution in [1.82, 2.24) is 15.1 Å². The third kappa shape index (κ3) is 3.75. The van der Waals surface area contributed by atoms with Crippen molar-refractivity contribution in [2.45, 2.75) is 63.6 Å². The molecule has 6 heteroatoms. The highest BCUT2D eigenvalue weighted by molar-refractivity contribution is 5.82. The van der Waals surface area contributed by atoms with Gasteiger partial charge in [-0.3, -0.25) is 14.5 Å². The van der Waals surface area contributed by atoms with Crippen molar-refractivity contribution in [1.29, 1.82) is 0 Å². The largest absolute Gasteiger partial charge is 0.368 e. The van der Waals surface area contributed by atoms with Crippen LogP contribution in [0.4, 0.5) is 0 Å². The Morgan fingerprint density at radius 1 is 1.21 bits per heavy atom. The molecule has 2 aliphatic heterocycles. The Hall–Kier alpha value is -1.14. The van der Waals surface area contributed by atoms with Crippen LogP contribution in [0.25, 0.3) is 0 Å². The van der Waals surface area contributed by atoms with Crippen LogP contribution < -0.4 is 5.32 Å². The van der Waals surface area contributed by atoms with E-state index < -0.39 is 0 Å². The molecule has 3 aliphatic rings. The lowest BCUT2D eigenvalue weighted by Gasteiger charge is -2.55. The SMILES string of the molecule is CC(C)CC(=O)N1CC2(C1)CN(C)[C@@H](C(=O)NC1CCCC1)CO2. The maximum atomic E-state index is 12.5. The highest BCUT2D eigenvalue weighted by Crippen LogP contribution is 2.31. The average molecular weight is 337 g/mol. The van der Waals surface area contributed by atoms with E-state index in [2.05, 4.69) is 24.1 Å². The van der Waals surface area contributed by atoms with Crippen LogP contribution in [-0.4, -0.2) is 72.6 Å². The van der Waals surface area contributed by atoms with E-state index in [1.165, 1.54) is 12.8 Å². The Kier molecular flexibility index (Phi) is 5.16. The molecule has 0 aromatic carbocycles. The van der Waals surface area contributed by atoms with Crippen LogP contribution in [0.1, 0.15) is 46.0 Å². The number of carbonyl (C=O) groups excluding carboxylic acids is 2. The van der Waals surface area contributed by atoms with Crippen LogP contribution in [0.3, 0.4) is 0 Å². The van der Waals surface area contributed by atoms with Crippen molar-refractivity contribution in [3.63, 3.8) is 0 Å². The van der Waals surface area contributed by atoms with E-state index in [1.807, 2.05) is 11.9 Å². The Balaban J connectivity index is 1.47. The summed E-state index contributed by atoms with van der Waals surface area (Å²) in [4.78, 5) is 28.6. The van der Waals surface area contributed by atoms with Gasteiger partial charge >= 0.3 is 0 Å². The number of amides is 2. The average Bonchev–Trinajstić information content (AvgIpc) is 2.96. The highest BCUT2D eigenvalue weighted by atomic mass is 16.5. The number of likely N-dealkylation sites (tertiary alicyclic amines) is 1. The zero-order valence-electron chi connectivity index (χ0n) is 15.2. The van der Waals surface area contributed by atoms with Gasteiger partial charge < -0.3 is 15.0 Å². The number of likely N-dealkylation sites (N-methyl/N-ethyl adjacent to an activating group) is 1. The molecule has 136 valence electrons. The van der Waals surface area contributed by atoms with Crippen LogP contribution in [-0.2, 0) is 14.3 Å². The Labute approximate surface area is 144 Å². The van der Waals surface area contributed by atoms with Crippen molar-refractivity contribution in [2.75, 3.05) is 33.3 Å². The van der Waals surface area contributed by atoms with E-state index in [0.717, 1.165) is 12.8 Å². The Bertz CT molecular complexity index is 482. The minimum absolute atomic E-state index is 0.0892. The predicted octanol–water partition coefficient (Wildman–Crippen LogP) is 1.00. The molecule has 1 saturated carbocycles. The summed E-state index contributed by atoms with van der Waals surface area (Å²) in [7, 11) is 1.99. The lowest BCUT2D eigenvalue weighted by molar-refractivity contribution is -0.201. The summed E-state index contributed by atoms with van der Waals surface area (Å²) in [5.41, 5.74) is -0.272. The third-order valence-corrected chi connectivity index (χ3v) is 5.51. The van der Waals surface area contributed by atoms with Gasteiger partial charge in [0.2, 0.25) is 11.8 Å². The third-order valence-electron chi connectivity index (χ3n) is 5.51. The van der Waals surface area contributed by atoms with Crippen LogP contribution in [0.15, 0.2) is 0 Å². The standard InChI is InChI=1S/C18H31N3O3/c1-13(2)8-16(22)21-11-18(12-21)10-20(3)15(9-24-18)17(23)19-14-6-4-5-7-14/h13-15H,4-12H2,1-3H3,(H,19,23)/t15-/m1/s1. The van der Waals surface area contributed by atoms with Gasteiger partial charge in [0, 0.05) is 19.0 Å². The lowest BCUT2D eigenvalue weighted by atomic mass is 9.89. The molecule has 24 heavy (non-hydrogen) atoms. The van der Waals surface area contributed by atoms with Gasteiger partial charge in [-0.15, -0.1) is 0 Å². The zero-order valence-corrected chi connectivity index (χ0v) is 15.2. The molecule has 0 aromatic rings. The Morgan fingerprint density at radius 3 is 2.46 bits per heavy atom. The molecule has 0 radical (unpaired) electrons. The number of ether oxygens (including phenoxy) is 1. The van der Waals surface area contributed by atoms with Crippen LogP contribution in [0.5, 0.6) is 0 Å². The molecule has 2 amide bonds. The Morgan fingerprint density at radius 2 is 1.88 bits per heavy atom. The zero-order chi connectivity index (χ0) is 17.3. The lowest BCUT2D eigenvalue weighted by Crippen LogP contribution is -2.73. The number of nitrogens with zero attached hydrogens (tertiary/aromatic N) is 2.